The Hall–Kier alpha value is -2.48. The van der Waals surface area contributed by atoms with E-state index < -0.39 is 0 Å². The molecular weight excluding hydrogens is 318 g/mol. The number of rotatable bonds is 8. The number of nitrogens with zero attached hydrogens (tertiary/aromatic N) is 1. The zero-order valence-electron chi connectivity index (χ0n) is 15.8. The first-order chi connectivity index (χ1) is 12.7. The molecule has 0 spiro atoms. The summed E-state index contributed by atoms with van der Waals surface area (Å²) in [7, 11) is 0. The normalized spacial score (nSPS) is 11.0. The number of benzene rings is 2. The van der Waals surface area contributed by atoms with Gasteiger partial charge in [0.05, 0.1) is 5.52 Å². The van der Waals surface area contributed by atoms with Gasteiger partial charge in [-0.25, -0.2) is 0 Å². The molecule has 0 atom stereocenters. The van der Waals surface area contributed by atoms with Gasteiger partial charge >= 0.3 is 0 Å². The highest BCUT2D eigenvalue weighted by Gasteiger charge is 2.16. The molecule has 3 aromatic rings. The lowest BCUT2D eigenvalue weighted by molar-refractivity contribution is -0.118. The third-order valence-corrected chi connectivity index (χ3v) is 4.95. The molecule has 2 heteroatoms. The third-order valence-electron chi connectivity index (χ3n) is 4.95. The van der Waals surface area contributed by atoms with Gasteiger partial charge in [-0.15, -0.1) is 0 Å². The summed E-state index contributed by atoms with van der Waals surface area (Å²) in [6.45, 7) is 4.22. The van der Waals surface area contributed by atoms with E-state index in [-0.39, 0.29) is 0 Å². The van der Waals surface area contributed by atoms with Gasteiger partial charge in [-0.2, -0.15) is 0 Å². The summed E-state index contributed by atoms with van der Waals surface area (Å²) >= 11 is 0. The summed E-state index contributed by atoms with van der Waals surface area (Å²) in [4.78, 5) is 17.4. The molecule has 2 aromatic carbocycles. The molecule has 0 saturated heterocycles. The number of para-hydroxylation sites is 1. The van der Waals surface area contributed by atoms with Crippen molar-refractivity contribution in [3.8, 4) is 11.1 Å². The fraction of sp³-hybridized carbons (Fsp3) is 0.333. The molecule has 2 nitrogen and oxygen atoms in total. The first-order valence-corrected chi connectivity index (χ1v) is 9.66. The lowest BCUT2D eigenvalue weighted by Gasteiger charge is -2.15. The number of carbonyl (C=O) groups is 1. The SMILES string of the molecule is CCCCCCC(=O)Cc1c(C)nc2ccccc2c1-c1ccccc1. The minimum Gasteiger partial charge on any atom is -0.299 e. The number of ketones is 1. The van der Waals surface area contributed by atoms with E-state index in [9.17, 15) is 4.79 Å². The number of fused-ring (bicyclic) bond motifs is 1. The minimum atomic E-state index is 0.318. The Morgan fingerprint density at radius 1 is 0.923 bits per heavy atom. The number of hydrogen-bond acceptors (Lipinski definition) is 2. The molecular formula is C24H27NO. The predicted octanol–water partition coefficient (Wildman–Crippen LogP) is 6.29. The second kappa shape index (κ2) is 8.75. The molecule has 0 N–H and O–H groups in total. The molecule has 0 bridgehead atoms. The van der Waals surface area contributed by atoms with Crippen molar-refractivity contribution in [2.45, 2.75) is 52.4 Å². The van der Waals surface area contributed by atoms with Gasteiger partial charge in [0.25, 0.3) is 0 Å². The Labute approximate surface area is 156 Å². The second-order valence-electron chi connectivity index (χ2n) is 6.96. The Kier molecular flexibility index (Phi) is 6.17. The van der Waals surface area contributed by atoms with Crippen molar-refractivity contribution in [1.29, 1.82) is 0 Å². The summed E-state index contributed by atoms with van der Waals surface area (Å²) in [5, 5.41) is 1.12. The molecule has 3 rings (SSSR count). The van der Waals surface area contributed by atoms with Crippen molar-refractivity contribution in [3.63, 3.8) is 0 Å². The molecule has 0 radical (unpaired) electrons. The summed E-state index contributed by atoms with van der Waals surface area (Å²) in [5.74, 6) is 0.318. The van der Waals surface area contributed by atoms with Gasteiger partial charge in [0.2, 0.25) is 0 Å². The number of aromatic nitrogens is 1. The maximum Gasteiger partial charge on any atom is 0.137 e. The van der Waals surface area contributed by atoms with E-state index in [1.807, 2.05) is 31.2 Å². The van der Waals surface area contributed by atoms with Crippen LogP contribution in [0.15, 0.2) is 54.6 Å². The van der Waals surface area contributed by atoms with E-state index >= 15 is 0 Å². The highest BCUT2D eigenvalue weighted by atomic mass is 16.1. The van der Waals surface area contributed by atoms with E-state index in [1.165, 1.54) is 12.8 Å². The van der Waals surface area contributed by atoms with Gasteiger partial charge in [0.15, 0.2) is 0 Å². The van der Waals surface area contributed by atoms with Crippen molar-refractivity contribution in [2.75, 3.05) is 0 Å². The number of unbranched alkanes of at least 4 members (excludes halogenated alkanes) is 3. The van der Waals surface area contributed by atoms with Crippen LogP contribution in [0.1, 0.15) is 50.3 Å². The topological polar surface area (TPSA) is 30.0 Å². The molecule has 26 heavy (non-hydrogen) atoms. The molecule has 0 saturated carbocycles. The number of pyridine rings is 1. The second-order valence-corrected chi connectivity index (χ2v) is 6.96. The Morgan fingerprint density at radius 3 is 2.42 bits per heavy atom. The third kappa shape index (κ3) is 4.19. The maximum absolute atomic E-state index is 12.6. The standard InChI is InChI=1S/C24H27NO/c1-3-4-5-9-14-20(26)17-22-18(2)25-23-16-11-10-15-21(23)24(22)19-12-7-6-8-13-19/h6-8,10-13,15-16H,3-5,9,14,17H2,1-2H3. The van der Waals surface area contributed by atoms with Crippen LogP contribution < -0.4 is 0 Å². The summed E-state index contributed by atoms with van der Waals surface area (Å²) in [6, 6.07) is 18.6. The average Bonchev–Trinajstić information content (AvgIpc) is 2.66. The van der Waals surface area contributed by atoms with E-state index in [0.29, 0.717) is 18.6 Å². The molecule has 1 heterocycles. The lowest BCUT2D eigenvalue weighted by Crippen LogP contribution is -2.07. The van der Waals surface area contributed by atoms with Crippen LogP contribution in [0.2, 0.25) is 0 Å². The van der Waals surface area contributed by atoms with Crippen LogP contribution in [-0.4, -0.2) is 10.8 Å². The quantitative estimate of drug-likeness (QED) is 0.449. The summed E-state index contributed by atoms with van der Waals surface area (Å²) < 4.78 is 0. The zero-order chi connectivity index (χ0) is 18.4. The van der Waals surface area contributed by atoms with Gasteiger partial charge < -0.3 is 0 Å². The van der Waals surface area contributed by atoms with Gasteiger partial charge in [0, 0.05) is 23.9 Å². The van der Waals surface area contributed by atoms with Crippen molar-refractivity contribution in [1.82, 2.24) is 4.98 Å². The number of hydrogen-bond donors (Lipinski definition) is 0. The molecule has 0 aliphatic rings. The Bertz CT molecular complexity index is 883. The molecule has 1 aromatic heterocycles. The zero-order valence-corrected chi connectivity index (χ0v) is 15.8. The van der Waals surface area contributed by atoms with Gasteiger partial charge in [0.1, 0.15) is 5.78 Å². The molecule has 0 aliphatic carbocycles. The highest BCUT2D eigenvalue weighted by Crippen LogP contribution is 2.33. The lowest BCUT2D eigenvalue weighted by atomic mass is 9.91. The molecule has 0 aliphatic heterocycles. The Balaban J connectivity index is 1.99. The predicted molar refractivity (Wildman–Crippen MR) is 109 cm³/mol. The van der Waals surface area contributed by atoms with Crippen LogP contribution in [0.4, 0.5) is 0 Å². The van der Waals surface area contributed by atoms with Crippen molar-refractivity contribution >= 4 is 16.7 Å². The van der Waals surface area contributed by atoms with Crippen LogP contribution in [0, 0.1) is 6.92 Å². The molecule has 0 unspecified atom stereocenters. The number of aryl methyl sites for hydroxylation is 1. The van der Waals surface area contributed by atoms with Crippen LogP contribution in [-0.2, 0) is 11.2 Å². The molecule has 134 valence electrons. The van der Waals surface area contributed by atoms with Crippen molar-refractivity contribution in [2.24, 2.45) is 0 Å². The minimum absolute atomic E-state index is 0.318. The highest BCUT2D eigenvalue weighted by molar-refractivity contribution is 5.98. The summed E-state index contributed by atoms with van der Waals surface area (Å²) in [6.07, 6.45) is 5.68. The number of Topliss-reactive ketones (excluding diaryl/α,β-unsaturated/α-hetero) is 1. The molecule has 0 fully saturated rings. The van der Waals surface area contributed by atoms with Crippen LogP contribution in [0.25, 0.3) is 22.0 Å². The fourth-order valence-corrected chi connectivity index (χ4v) is 3.56. The fourth-order valence-electron chi connectivity index (χ4n) is 3.56. The van der Waals surface area contributed by atoms with E-state index in [0.717, 1.165) is 46.1 Å². The van der Waals surface area contributed by atoms with Gasteiger partial charge in [-0.3, -0.25) is 9.78 Å². The first-order valence-electron chi connectivity index (χ1n) is 9.66. The van der Waals surface area contributed by atoms with E-state index in [1.54, 1.807) is 0 Å². The van der Waals surface area contributed by atoms with Gasteiger partial charge in [-0.1, -0.05) is 74.7 Å². The largest absolute Gasteiger partial charge is 0.299 e. The Morgan fingerprint density at radius 2 is 1.65 bits per heavy atom. The van der Waals surface area contributed by atoms with Crippen molar-refractivity contribution in [3.05, 3.63) is 65.9 Å². The van der Waals surface area contributed by atoms with Crippen LogP contribution in [0.5, 0.6) is 0 Å². The maximum atomic E-state index is 12.6. The van der Waals surface area contributed by atoms with Crippen LogP contribution >= 0.6 is 0 Å². The van der Waals surface area contributed by atoms with E-state index in [2.05, 4.69) is 37.3 Å². The molecule has 0 amide bonds. The van der Waals surface area contributed by atoms with Crippen molar-refractivity contribution < 1.29 is 4.79 Å². The van der Waals surface area contributed by atoms with Crippen LogP contribution in [0.3, 0.4) is 0 Å². The average molecular weight is 345 g/mol. The van der Waals surface area contributed by atoms with Gasteiger partial charge in [-0.05, 0) is 36.1 Å². The smallest absolute Gasteiger partial charge is 0.137 e. The van der Waals surface area contributed by atoms with E-state index in [4.69, 9.17) is 4.98 Å². The number of carbonyl (C=O) groups excluding carboxylic acids is 1. The monoisotopic (exact) mass is 345 g/mol. The first kappa shape index (κ1) is 18.3. The summed E-state index contributed by atoms with van der Waals surface area (Å²) in [5.41, 5.74) is 5.35.